The molecule has 0 atom stereocenters. The average molecular weight is 429 g/mol. The third kappa shape index (κ3) is 4.36. The number of benzene rings is 1. The van der Waals surface area contributed by atoms with E-state index in [1.807, 2.05) is 0 Å². The fraction of sp³-hybridized carbons (Fsp3) is 0.130. The van der Waals surface area contributed by atoms with Crippen molar-refractivity contribution in [1.29, 1.82) is 0 Å². The fourth-order valence-corrected chi connectivity index (χ4v) is 3.21. The third-order valence-corrected chi connectivity index (χ3v) is 4.97. The summed E-state index contributed by atoms with van der Waals surface area (Å²) < 4.78 is 7.70. The number of fused-ring (bicyclic) bond motifs is 1. The summed E-state index contributed by atoms with van der Waals surface area (Å²) in [5.41, 5.74) is 1.11. The van der Waals surface area contributed by atoms with E-state index in [9.17, 15) is 14.4 Å². The number of amides is 2. The molecule has 3 aromatic heterocycles. The maximum atomic E-state index is 12.3. The van der Waals surface area contributed by atoms with Gasteiger partial charge in [-0.15, -0.1) is 0 Å². The monoisotopic (exact) mass is 429 g/mol. The van der Waals surface area contributed by atoms with Crippen molar-refractivity contribution in [1.82, 2.24) is 14.4 Å². The molecule has 160 valence electrons. The van der Waals surface area contributed by atoms with Crippen LogP contribution in [0, 0.1) is 5.92 Å². The second-order valence-corrected chi connectivity index (χ2v) is 7.54. The van der Waals surface area contributed by atoms with E-state index in [2.05, 4.69) is 20.6 Å². The Balaban J connectivity index is 1.29. The van der Waals surface area contributed by atoms with Crippen molar-refractivity contribution in [3.05, 3.63) is 83.0 Å². The minimum absolute atomic E-state index is 0.00307. The van der Waals surface area contributed by atoms with Crippen molar-refractivity contribution in [2.24, 2.45) is 5.92 Å². The number of carbonyl (C=O) groups is 2. The molecular weight excluding hydrogens is 410 g/mol. The fourth-order valence-electron chi connectivity index (χ4n) is 3.21. The van der Waals surface area contributed by atoms with Crippen LogP contribution in [0.3, 0.4) is 0 Å². The molecule has 9 nitrogen and oxygen atoms in total. The zero-order valence-corrected chi connectivity index (χ0v) is 16.9. The van der Waals surface area contributed by atoms with E-state index in [-0.39, 0.29) is 22.9 Å². The van der Waals surface area contributed by atoms with Crippen LogP contribution in [0.5, 0.6) is 11.5 Å². The molecule has 0 bridgehead atoms. The zero-order chi connectivity index (χ0) is 22.1. The first-order chi connectivity index (χ1) is 15.5. The van der Waals surface area contributed by atoms with E-state index in [0.717, 1.165) is 12.8 Å². The molecule has 5 rings (SSSR count). The van der Waals surface area contributed by atoms with Gasteiger partial charge in [-0.2, -0.15) is 0 Å². The Morgan fingerprint density at radius 2 is 1.91 bits per heavy atom. The minimum Gasteiger partial charge on any atom is -0.456 e. The highest BCUT2D eigenvalue weighted by molar-refractivity contribution is 6.02. The van der Waals surface area contributed by atoms with Gasteiger partial charge < -0.3 is 24.8 Å². The van der Waals surface area contributed by atoms with Crippen LogP contribution < -0.4 is 20.8 Å². The van der Waals surface area contributed by atoms with Crippen molar-refractivity contribution in [2.45, 2.75) is 12.8 Å². The quantitative estimate of drug-likeness (QED) is 0.434. The summed E-state index contributed by atoms with van der Waals surface area (Å²) in [5.74, 6) is 1.26. The van der Waals surface area contributed by atoms with Gasteiger partial charge in [0.25, 0.3) is 5.91 Å². The Bertz CT molecular complexity index is 1390. The first-order valence-electron chi connectivity index (χ1n) is 10.1. The van der Waals surface area contributed by atoms with Crippen molar-refractivity contribution in [2.75, 3.05) is 10.6 Å². The molecule has 1 aromatic carbocycles. The maximum absolute atomic E-state index is 12.3. The Morgan fingerprint density at radius 3 is 2.72 bits per heavy atom. The van der Waals surface area contributed by atoms with E-state index < -0.39 is 5.91 Å². The molecule has 0 aliphatic heterocycles. The second-order valence-electron chi connectivity index (χ2n) is 7.54. The minimum atomic E-state index is -0.430. The van der Waals surface area contributed by atoms with Gasteiger partial charge in [-0.05, 0) is 37.1 Å². The zero-order valence-electron chi connectivity index (χ0n) is 16.9. The standard InChI is InChI=1S/C23H19N5O4/c29-16-8-9-24-19(11-16)23(31)25-15-2-1-3-17(10-15)32-18-6-7-21-26-20(13-28(21)12-18)27-22(30)14-4-5-14/h1-3,6-14H,4-5H2,(H,24,29)(H,25,31)(H,27,30). The van der Waals surface area contributed by atoms with Crippen LogP contribution in [0.25, 0.3) is 5.65 Å². The van der Waals surface area contributed by atoms with Crippen molar-refractivity contribution < 1.29 is 14.3 Å². The molecule has 9 heteroatoms. The van der Waals surface area contributed by atoms with Crippen LogP contribution in [-0.2, 0) is 4.79 Å². The number of aromatic nitrogens is 3. The molecule has 1 saturated carbocycles. The molecule has 0 radical (unpaired) electrons. The molecule has 2 amide bonds. The predicted octanol–water partition coefficient (Wildman–Crippen LogP) is 3.42. The SMILES string of the molecule is O=C(Nc1cccc(Oc2ccc3nc(NC(=O)C4CC4)cn3c2)c1)c1cc(=O)cc[nH]1. The van der Waals surface area contributed by atoms with Crippen LogP contribution in [-0.4, -0.2) is 26.2 Å². The highest BCUT2D eigenvalue weighted by atomic mass is 16.5. The molecule has 0 saturated heterocycles. The molecule has 0 unspecified atom stereocenters. The lowest BCUT2D eigenvalue weighted by molar-refractivity contribution is -0.117. The van der Waals surface area contributed by atoms with Gasteiger partial charge in [0, 0.05) is 36.0 Å². The summed E-state index contributed by atoms with van der Waals surface area (Å²) in [5, 5.41) is 5.56. The molecule has 1 aliphatic carbocycles. The topological polar surface area (TPSA) is 118 Å². The average Bonchev–Trinajstić information content (AvgIpc) is 3.55. The molecule has 4 aromatic rings. The van der Waals surface area contributed by atoms with Gasteiger partial charge in [-0.25, -0.2) is 4.98 Å². The van der Waals surface area contributed by atoms with Crippen molar-refractivity contribution in [3.8, 4) is 11.5 Å². The first kappa shape index (κ1) is 19.6. The summed E-state index contributed by atoms with van der Waals surface area (Å²) in [6.07, 6.45) is 6.78. The first-order valence-corrected chi connectivity index (χ1v) is 10.1. The second kappa shape index (κ2) is 8.03. The number of aromatic amines is 1. The lowest BCUT2D eigenvalue weighted by Crippen LogP contribution is -2.16. The molecule has 1 fully saturated rings. The Labute approximate surface area is 182 Å². The van der Waals surface area contributed by atoms with Crippen LogP contribution in [0.1, 0.15) is 23.3 Å². The largest absolute Gasteiger partial charge is 0.456 e. The Kier molecular flexibility index (Phi) is 4.91. The number of hydrogen-bond donors (Lipinski definition) is 3. The van der Waals surface area contributed by atoms with Gasteiger partial charge in [-0.1, -0.05) is 6.07 Å². The number of nitrogens with zero attached hydrogens (tertiary/aromatic N) is 2. The van der Waals surface area contributed by atoms with E-state index in [1.165, 1.54) is 18.3 Å². The van der Waals surface area contributed by atoms with Crippen LogP contribution >= 0.6 is 0 Å². The Morgan fingerprint density at radius 1 is 1.03 bits per heavy atom. The Hall–Kier alpha value is -4.40. The lowest BCUT2D eigenvalue weighted by Gasteiger charge is -2.09. The number of rotatable bonds is 6. The number of hydrogen-bond acceptors (Lipinski definition) is 5. The molecule has 3 heterocycles. The summed E-state index contributed by atoms with van der Waals surface area (Å²) in [4.78, 5) is 42.9. The number of nitrogens with one attached hydrogen (secondary N) is 3. The molecule has 0 spiro atoms. The van der Waals surface area contributed by atoms with Gasteiger partial charge in [0.05, 0.1) is 12.4 Å². The summed E-state index contributed by atoms with van der Waals surface area (Å²) in [6.45, 7) is 0. The highest BCUT2D eigenvalue weighted by Crippen LogP contribution is 2.30. The van der Waals surface area contributed by atoms with Crippen molar-refractivity contribution >= 4 is 29.0 Å². The van der Waals surface area contributed by atoms with E-state index in [0.29, 0.717) is 28.7 Å². The summed E-state index contributed by atoms with van der Waals surface area (Å²) >= 11 is 0. The number of carbonyl (C=O) groups excluding carboxylic acids is 2. The van der Waals surface area contributed by atoms with E-state index in [1.54, 1.807) is 53.2 Å². The maximum Gasteiger partial charge on any atom is 0.272 e. The van der Waals surface area contributed by atoms with E-state index in [4.69, 9.17) is 4.74 Å². The molecule has 3 N–H and O–H groups in total. The van der Waals surface area contributed by atoms with Gasteiger partial charge in [0.15, 0.2) is 11.2 Å². The third-order valence-electron chi connectivity index (χ3n) is 4.97. The number of ether oxygens (including phenoxy) is 1. The lowest BCUT2D eigenvalue weighted by atomic mass is 10.2. The van der Waals surface area contributed by atoms with E-state index >= 15 is 0 Å². The predicted molar refractivity (Wildman–Crippen MR) is 118 cm³/mol. The van der Waals surface area contributed by atoms with Crippen LogP contribution in [0.2, 0.25) is 0 Å². The number of imidazole rings is 1. The molecule has 1 aliphatic rings. The molecule has 32 heavy (non-hydrogen) atoms. The number of H-pyrrole nitrogens is 1. The normalized spacial score (nSPS) is 13.0. The number of pyridine rings is 2. The summed E-state index contributed by atoms with van der Waals surface area (Å²) in [6, 6.07) is 13.1. The van der Waals surface area contributed by atoms with Gasteiger partial charge in [0.2, 0.25) is 5.91 Å². The molecular formula is C23H19N5O4. The van der Waals surface area contributed by atoms with Gasteiger partial charge in [0.1, 0.15) is 22.8 Å². The van der Waals surface area contributed by atoms with Crippen LogP contribution in [0.4, 0.5) is 11.5 Å². The number of anilines is 2. The van der Waals surface area contributed by atoms with Crippen LogP contribution in [0.15, 0.2) is 71.9 Å². The highest BCUT2D eigenvalue weighted by Gasteiger charge is 2.30. The van der Waals surface area contributed by atoms with Gasteiger partial charge >= 0.3 is 0 Å². The van der Waals surface area contributed by atoms with Gasteiger partial charge in [-0.3, -0.25) is 14.4 Å². The summed E-state index contributed by atoms with van der Waals surface area (Å²) in [7, 11) is 0. The van der Waals surface area contributed by atoms with Crippen molar-refractivity contribution in [3.63, 3.8) is 0 Å². The smallest absolute Gasteiger partial charge is 0.272 e.